The summed E-state index contributed by atoms with van der Waals surface area (Å²) in [5.41, 5.74) is 0. The first-order chi connectivity index (χ1) is 9.04. The normalized spacial score (nSPS) is 20.9. The third kappa shape index (κ3) is 5.54. The summed E-state index contributed by atoms with van der Waals surface area (Å²) in [6, 6.07) is -0.837. The number of nitrogens with one attached hydrogen (secondary N) is 3. The topological polar surface area (TPSA) is 82.7 Å². The van der Waals surface area contributed by atoms with Gasteiger partial charge in [-0.2, -0.15) is 0 Å². The number of ether oxygens (including phenoxy) is 1. The zero-order valence-corrected chi connectivity index (χ0v) is 11.9. The molecule has 0 aromatic carbocycles. The monoisotopic (exact) mass is 272 g/mol. The molecule has 0 aromatic heterocycles. The van der Waals surface area contributed by atoms with Crippen LogP contribution in [0.15, 0.2) is 0 Å². The average molecular weight is 272 g/mol. The smallest absolute Gasteiger partial charge is 0.321 e. The summed E-state index contributed by atoms with van der Waals surface area (Å²) in [6.45, 7) is 7.06. The Kier molecular flexibility index (Phi) is 6.75. The van der Waals surface area contributed by atoms with Crippen molar-refractivity contribution in [2.24, 2.45) is 0 Å². The van der Waals surface area contributed by atoms with E-state index < -0.39 is 6.03 Å². The molecule has 0 radical (unpaired) electrons. The van der Waals surface area contributed by atoms with Crippen molar-refractivity contribution in [3.8, 4) is 0 Å². The van der Waals surface area contributed by atoms with E-state index >= 15 is 0 Å². The van der Waals surface area contributed by atoms with Gasteiger partial charge in [-0.1, -0.05) is 0 Å². The highest BCUT2D eigenvalue weighted by Crippen LogP contribution is 2.02. The summed E-state index contributed by atoms with van der Waals surface area (Å²) in [6.07, 6.45) is 0.0819. The van der Waals surface area contributed by atoms with E-state index in [-0.39, 0.29) is 18.1 Å². The molecule has 19 heavy (non-hydrogen) atoms. The number of morpholine rings is 1. The molecule has 0 aliphatic carbocycles. The third-order valence-corrected chi connectivity index (χ3v) is 3.11. The van der Waals surface area contributed by atoms with Gasteiger partial charge in [-0.15, -0.1) is 0 Å². The van der Waals surface area contributed by atoms with E-state index in [4.69, 9.17) is 4.74 Å². The lowest BCUT2D eigenvalue weighted by atomic mass is 10.2. The second-order valence-corrected chi connectivity index (χ2v) is 4.66. The average Bonchev–Trinajstić information content (AvgIpc) is 2.39. The molecule has 0 spiro atoms. The van der Waals surface area contributed by atoms with E-state index in [1.165, 1.54) is 0 Å². The van der Waals surface area contributed by atoms with Crippen LogP contribution in [0.3, 0.4) is 0 Å². The van der Waals surface area contributed by atoms with Crippen LogP contribution in [0.2, 0.25) is 0 Å². The molecular formula is C12H24N4O3. The van der Waals surface area contributed by atoms with Crippen molar-refractivity contribution >= 4 is 11.9 Å². The van der Waals surface area contributed by atoms with Crippen LogP contribution in [0.4, 0.5) is 4.79 Å². The number of hydrogen-bond donors (Lipinski definition) is 3. The van der Waals surface area contributed by atoms with Crippen LogP contribution in [-0.2, 0) is 9.53 Å². The minimum absolute atomic E-state index is 0.0819. The fourth-order valence-corrected chi connectivity index (χ4v) is 1.84. The van der Waals surface area contributed by atoms with Gasteiger partial charge in [0.2, 0.25) is 5.91 Å². The van der Waals surface area contributed by atoms with Crippen LogP contribution in [0.25, 0.3) is 0 Å². The zero-order chi connectivity index (χ0) is 14.3. The minimum Gasteiger partial charge on any atom is -0.374 e. The van der Waals surface area contributed by atoms with Crippen LogP contribution in [-0.4, -0.2) is 68.8 Å². The number of likely N-dealkylation sites (N-methyl/N-ethyl adjacent to an activating group) is 1. The summed E-state index contributed by atoms with van der Waals surface area (Å²) in [5, 5.41) is 8.08. The molecule has 110 valence electrons. The Morgan fingerprint density at radius 1 is 1.53 bits per heavy atom. The molecule has 0 saturated carbocycles. The maximum Gasteiger partial charge on any atom is 0.321 e. The Hall–Kier alpha value is -1.18. The number of nitrogens with zero attached hydrogens (tertiary/aromatic N) is 1. The predicted molar refractivity (Wildman–Crippen MR) is 71.9 cm³/mol. The second-order valence-electron chi connectivity index (χ2n) is 4.66. The van der Waals surface area contributed by atoms with Crippen molar-refractivity contribution < 1.29 is 14.3 Å². The van der Waals surface area contributed by atoms with E-state index in [0.29, 0.717) is 19.7 Å². The molecule has 2 atom stereocenters. The van der Waals surface area contributed by atoms with Crippen LogP contribution >= 0.6 is 0 Å². The highest BCUT2D eigenvalue weighted by molar-refractivity contribution is 5.96. The Bertz CT molecular complexity index is 305. The number of rotatable bonds is 5. The van der Waals surface area contributed by atoms with Crippen molar-refractivity contribution in [1.29, 1.82) is 0 Å². The fraction of sp³-hybridized carbons (Fsp3) is 0.833. The van der Waals surface area contributed by atoms with Crippen molar-refractivity contribution in [2.45, 2.75) is 26.0 Å². The van der Waals surface area contributed by atoms with E-state index in [1.807, 2.05) is 11.9 Å². The Labute approximate surface area is 114 Å². The highest BCUT2D eigenvalue weighted by Gasteiger charge is 2.23. The number of hydrogen-bond acceptors (Lipinski definition) is 5. The quantitative estimate of drug-likeness (QED) is 0.607. The lowest BCUT2D eigenvalue weighted by Crippen LogP contribution is -2.52. The molecule has 0 aromatic rings. The summed E-state index contributed by atoms with van der Waals surface area (Å²) in [4.78, 5) is 25.0. The lowest BCUT2D eigenvalue weighted by molar-refractivity contribution is -0.125. The van der Waals surface area contributed by atoms with Gasteiger partial charge in [0.05, 0.1) is 18.8 Å². The van der Waals surface area contributed by atoms with Crippen LogP contribution in [0.1, 0.15) is 13.8 Å². The Balaban J connectivity index is 2.35. The number of amides is 3. The van der Waals surface area contributed by atoms with Crippen LogP contribution < -0.4 is 16.0 Å². The van der Waals surface area contributed by atoms with Crippen molar-refractivity contribution in [3.05, 3.63) is 0 Å². The number of urea groups is 1. The summed E-state index contributed by atoms with van der Waals surface area (Å²) in [5.74, 6) is -0.308. The molecule has 1 rings (SSSR count). The standard InChI is InChI=1S/C12H24N4O3/c1-4-14-12(18)15-11(17)9(2)16(3)8-10-7-13-5-6-19-10/h9-10,13H,4-8H2,1-3H3,(H2,14,15,17,18). The van der Waals surface area contributed by atoms with E-state index in [2.05, 4.69) is 16.0 Å². The predicted octanol–water partition coefficient (Wildman–Crippen LogP) is -0.859. The van der Waals surface area contributed by atoms with Crippen molar-refractivity contribution in [1.82, 2.24) is 20.9 Å². The Morgan fingerprint density at radius 3 is 2.84 bits per heavy atom. The summed E-state index contributed by atoms with van der Waals surface area (Å²) >= 11 is 0. The molecule has 1 heterocycles. The van der Waals surface area contributed by atoms with Gasteiger partial charge >= 0.3 is 6.03 Å². The van der Waals surface area contributed by atoms with E-state index in [9.17, 15) is 9.59 Å². The first-order valence-electron chi connectivity index (χ1n) is 6.65. The molecule has 3 N–H and O–H groups in total. The SMILES string of the molecule is CCNC(=O)NC(=O)C(C)N(C)CC1CNCCO1. The van der Waals surface area contributed by atoms with Gasteiger partial charge in [-0.3, -0.25) is 15.0 Å². The summed E-state index contributed by atoms with van der Waals surface area (Å²) in [7, 11) is 1.85. The molecule has 0 bridgehead atoms. The van der Waals surface area contributed by atoms with Crippen LogP contribution in [0.5, 0.6) is 0 Å². The maximum atomic E-state index is 11.8. The first kappa shape index (κ1) is 15.9. The molecule has 7 nitrogen and oxygen atoms in total. The highest BCUT2D eigenvalue weighted by atomic mass is 16.5. The molecule has 7 heteroatoms. The second kappa shape index (κ2) is 8.08. The van der Waals surface area contributed by atoms with Gasteiger partial charge in [0, 0.05) is 26.2 Å². The lowest BCUT2D eigenvalue weighted by Gasteiger charge is -2.30. The minimum atomic E-state index is -0.455. The zero-order valence-electron chi connectivity index (χ0n) is 11.9. The third-order valence-electron chi connectivity index (χ3n) is 3.11. The molecule has 1 fully saturated rings. The van der Waals surface area contributed by atoms with Gasteiger partial charge < -0.3 is 15.4 Å². The van der Waals surface area contributed by atoms with E-state index in [1.54, 1.807) is 13.8 Å². The first-order valence-corrected chi connectivity index (χ1v) is 6.65. The van der Waals surface area contributed by atoms with Crippen LogP contribution in [0, 0.1) is 0 Å². The van der Waals surface area contributed by atoms with Gasteiger partial charge in [0.1, 0.15) is 0 Å². The maximum absolute atomic E-state index is 11.8. The molecule has 1 aliphatic rings. The molecule has 1 aliphatic heterocycles. The molecular weight excluding hydrogens is 248 g/mol. The largest absolute Gasteiger partial charge is 0.374 e. The van der Waals surface area contributed by atoms with Gasteiger partial charge in [0.15, 0.2) is 0 Å². The van der Waals surface area contributed by atoms with Gasteiger partial charge in [-0.25, -0.2) is 4.79 Å². The number of carbonyl (C=O) groups excluding carboxylic acids is 2. The Morgan fingerprint density at radius 2 is 2.26 bits per heavy atom. The van der Waals surface area contributed by atoms with Crippen molar-refractivity contribution in [2.75, 3.05) is 39.8 Å². The number of carbonyl (C=O) groups is 2. The fourth-order valence-electron chi connectivity index (χ4n) is 1.84. The van der Waals surface area contributed by atoms with Gasteiger partial charge in [-0.05, 0) is 20.9 Å². The molecule has 2 unspecified atom stereocenters. The van der Waals surface area contributed by atoms with Gasteiger partial charge in [0.25, 0.3) is 0 Å². The summed E-state index contributed by atoms with van der Waals surface area (Å²) < 4.78 is 5.58. The number of imide groups is 1. The van der Waals surface area contributed by atoms with E-state index in [0.717, 1.165) is 13.1 Å². The molecule has 3 amide bonds. The molecule has 1 saturated heterocycles. The van der Waals surface area contributed by atoms with Crippen molar-refractivity contribution in [3.63, 3.8) is 0 Å².